The summed E-state index contributed by atoms with van der Waals surface area (Å²) in [5.74, 6) is 1.64. The molecule has 154 valence electrons. The van der Waals surface area contributed by atoms with E-state index in [0.29, 0.717) is 12.4 Å². The van der Waals surface area contributed by atoms with Crippen LogP contribution in [-0.2, 0) is 0 Å². The standard InChI is InChI=1S/C24H29NO4/c1-17-21-10-7-19(27)15-23(21)29-24(22(17)16-26)18-5-8-20(9-6-18)28-14-13-25-11-3-2-4-12-25/h5-10,15,24,26-27H,2-4,11-14,16H2,1H3. The molecule has 0 saturated carbocycles. The number of benzene rings is 2. The Morgan fingerprint density at radius 2 is 1.83 bits per heavy atom. The smallest absolute Gasteiger partial charge is 0.148 e. The molecular weight excluding hydrogens is 366 g/mol. The lowest BCUT2D eigenvalue weighted by molar-refractivity contribution is 0.183. The van der Waals surface area contributed by atoms with Crippen molar-refractivity contribution < 1.29 is 19.7 Å². The number of rotatable bonds is 6. The molecule has 0 bridgehead atoms. The van der Waals surface area contributed by atoms with Crippen LogP contribution < -0.4 is 9.47 Å². The minimum Gasteiger partial charge on any atom is -0.508 e. The molecule has 2 aromatic rings. The van der Waals surface area contributed by atoms with Gasteiger partial charge in [-0.3, -0.25) is 4.90 Å². The molecule has 1 fully saturated rings. The van der Waals surface area contributed by atoms with Crippen LogP contribution in [0.25, 0.3) is 5.57 Å². The van der Waals surface area contributed by atoms with Gasteiger partial charge in [-0.1, -0.05) is 18.6 Å². The van der Waals surface area contributed by atoms with Gasteiger partial charge in [0.05, 0.1) is 6.61 Å². The fourth-order valence-corrected chi connectivity index (χ4v) is 4.17. The number of allylic oxidation sites excluding steroid dienone is 1. The van der Waals surface area contributed by atoms with Crippen molar-refractivity contribution in [1.29, 1.82) is 0 Å². The summed E-state index contributed by atoms with van der Waals surface area (Å²) in [5.41, 5.74) is 3.68. The predicted molar refractivity (Wildman–Crippen MR) is 113 cm³/mol. The summed E-state index contributed by atoms with van der Waals surface area (Å²) in [4.78, 5) is 2.46. The summed E-state index contributed by atoms with van der Waals surface area (Å²) in [5, 5.41) is 19.8. The lowest BCUT2D eigenvalue weighted by atomic mass is 9.91. The topological polar surface area (TPSA) is 62.2 Å². The molecule has 4 rings (SSSR count). The molecule has 0 aliphatic carbocycles. The number of fused-ring (bicyclic) bond motifs is 1. The summed E-state index contributed by atoms with van der Waals surface area (Å²) in [6.45, 7) is 5.90. The first-order valence-electron chi connectivity index (χ1n) is 10.4. The van der Waals surface area contributed by atoms with Crippen molar-refractivity contribution >= 4 is 5.57 Å². The van der Waals surface area contributed by atoms with Gasteiger partial charge in [0.15, 0.2) is 0 Å². The maximum atomic E-state index is 9.95. The maximum Gasteiger partial charge on any atom is 0.148 e. The Balaban J connectivity index is 1.44. The van der Waals surface area contributed by atoms with Gasteiger partial charge in [0.25, 0.3) is 0 Å². The van der Waals surface area contributed by atoms with E-state index >= 15 is 0 Å². The van der Waals surface area contributed by atoms with E-state index in [9.17, 15) is 10.2 Å². The summed E-state index contributed by atoms with van der Waals surface area (Å²) in [7, 11) is 0. The van der Waals surface area contributed by atoms with Gasteiger partial charge in [0, 0.05) is 23.7 Å². The summed E-state index contributed by atoms with van der Waals surface area (Å²) >= 11 is 0. The van der Waals surface area contributed by atoms with Crippen molar-refractivity contribution in [1.82, 2.24) is 4.90 Å². The number of phenols is 1. The van der Waals surface area contributed by atoms with Crippen LogP contribution >= 0.6 is 0 Å². The van der Waals surface area contributed by atoms with Crippen LogP contribution in [-0.4, -0.2) is 48.0 Å². The molecule has 0 amide bonds. The van der Waals surface area contributed by atoms with Gasteiger partial charge in [0.2, 0.25) is 0 Å². The minimum atomic E-state index is -0.378. The molecule has 2 aliphatic rings. The highest BCUT2D eigenvalue weighted by molar-refractivity contribution is 5.75. The number of likely N-dealkylation sites (tertiary alicyclic amines) is 1. The number of hydrogen-bond donors (Lipinski definition) is 2. The zero-order valence-corrected chi connectivity index (χ0v) is 16.9. The molecular formula is C24H29NO4. The van der Waals surface area contributed by atoms with E-state index in [2.05, 4.69) is 4.90 Å². The highest BCUT2D eigenvalue weighted by Crippen LogP contribution is 2.43. The van der Waals surface area contributed by atoms with Crippen LogP contribution in [0.1, 0.15) is 43.4 Å². The van der Waals surface area contributed by atoms with Crippen LogP contribution in [0, 0.1) is 0 Å². The first kappa shape index (κ1) is 19.8. The third-order valence-electron chi connectivity index (χ3n) is 5.89. The second-order valence-electron chi connectivity index (χ2n) is 7.81. The van der Waals surface area contributed by atoms with Gasteiger partial charge < -0.3 is 19.7 Å². The van der Waals surface area contributed by atoms with Crippen molar-refractivity contribution in [2.24, 2.45) is 0 Å². The average molecular weight is 395 g/mol. The van der Waals surface area contributed by atoms with E-state index < -0.39 is 0 Å². The molecule has 2 aliphatic heterocycles. The molecule has 2 N–H and O–H groups in total. The number of nitrogens with zero attached hydrogens (tertiary/aromatic N) is 1. The van der Waals surface area contributed by atoms with Gasteiger partial charge in [-0.15, -0.1) is 0 Å². The van der Waals surface area contributed by atoms with Gasteiger partial charge in [-0.05, 0) is 68.3 Å². The number of ether oxygens (including phenoxy) is 2. The van der Waals surface area contributed by atoms with Crippen LogP contribution in [0.3, 0.4) is 0 Å². The molecule has 1 saturated heterocycles. The summed E-state index contributed by atoms with van der Waals surface area (Å²) < 4.78 is 12.1. The molecule has 29 heavy (non-hydrogen) atoms. The van der Waals surface area contributed by atoms with Gasteiger partial charge in [-0.2, -0.15) is 0 Å². The largest absolute Gasteiger partial charge is 0.508 e. The van der Waals surface area contributed by atoms with Gasteiger partial charge in [-0.25, -0.2) is 0 Å². The Bertz CT molecular complexity index is 869. The van der Waals surface area contributed by atoms with Crippen molar-refractivity contribution in [3.63, 3.8) is 0 Å². The van der Waals surface area contributed by atoms with Crippen molar-refractivity contribution in [2.75, 3.05) is 32.8 Å². The molecule has 1 unspecified atom stereocenters. The van der Waals surface area contributed by atoms with Gasteiger partial charge in [0.1, 0.15) is 30.0 Å². The number of aliphatic hydroxyl groups is 1. The van der Waals surface area contributed by atoms with Crippen molar-refractivity contribution in [2.45, 2.75) is 32.3 Å². The van der Waals surface area contributed by atoms with Crippen LogP contribution in [0.15, 0.2) is 48.0 Å². The lowest BCUT2D eigenvalue weighted by Crippen LogP contribution is -2.33. The lowest BCUT2D eigenvalue weighted by Gasteiger charge is -2.30. The van der Waals surface area contributed by atoms with Crippen LogP contribution in [0.2, 0.25) is 0 Å². The minimum absolute atomic E-state index is 0.0785. The number of aliphatic hydroxyl groups excluding tert-OH is 1. The summed E-state index contributed by atoms with van der Waals surface area (Å²) in [6, 6.07) is 13.0. The average Bonchev–Trinajstić information content (AvgIpc) is 2.75. The Hall–Kier alpha value is -2.50. The quantitative estimate of drug-likeness (QED) is 0.769. The zero-order valence-electron chi connectivity index (χ0n) is 16.9. The Labute approximate surface area is 172 Å². The Morgan fingerprint density at radius 1 is 1.07 bits per heavy atom. The molecule has 2 heterocycles. The van der Waals surface area contributed by atoms with Gasteiger partial charge >= 0.3 is 0 Å². The molecule has 0 aromatic heterocycles. The normalized spacial score (nSPS) is 19.6. The predicted octanol–water partition coefficient (Wildman–Crippen LogP) is 4.16. The zero-order chi connectivity index (χ0) is 20.2. The summed E-state index contributed by atoms with van der Waals surface area (Å²) in [6.07, 6.45) is 3.54. The van der Waals surface area contributed by atoms with E-state index in [4.69, 9.17) is 9.47 Å². The van der Waals surface area contributed by atoms with Crippen molar-refractivity contribution in [3.05, 3.63) is 59.2 Å². The van der Waals surface area contributed by atoms with E-state index in [0.717, 1.165) is 34.6 Å². The highest BCUT2D eigenvalue weighted by Gasteiger charge is 2.28. The second-order valence-corrected chi connectivity index (χ2v) is 7.81. The van der Waals surface area contributed by atoms with Crippen LogP contribution in [0.5, 0.6) is 17.2 Å². The Kier molecular flexibility index (Phi) is 6.07. The molecule has 0 spiro atoms. The highest BCUT2D eigenvalue weighted by atomic mass is 16.5. The van der Waals surface area contributed by atoms with Crippen molar-refractivity contribution in [3.8, 4) is 17.2 Å². The van der Waals surface area contributed by atoms with E-state index in [1.807, 2.05) is 37.3 Å². The third kappa shape index (κ3) is 4.41. The number of hydrogen-bond acceptors (Lipinski definition) is 5. The molecule has 5 nitrogen and oxygen atoms in total. The fraction of sp³-hybridized carbons (Fsp3) is 0.417. The van der Waals surface area contributed by atoms with E-state index in [-0.39, 0.29) is 18.5 Å². The first-order chi connectivity index (χ1) is 14.2. The monoisotopic (exact) mass is 395 g/mol. The van der Waals surface area contributed by atoms with Crippen LogP contribution in [0.4, 0.5) is 0 Å². The second kappa shape index (κ2) is 8.89. The van der Waals surface area contributed by atoms with E-state index in [1.54, 1.807) is 12.1 Å². The molecule has 0 radical (unpaired) electrons. The third-order valence-corrected chi connectivity index (χ3v) is 5.89. The number of phenolic OH excluding ortho intramolecular Hbond substituents is 1. The number of piperidine rings is 1. The van der Waals surface area contributed by atoms with E-state index in [1.165, 1.54) is 32.4 Å². The fourth-order valence-electron chi connectivity index (χ4n) is 4.17. The first-order valence-corrected chi connectivity index (χ1v) is 10.4. The molecule has 2 aromatic carbocycles. The molecule has 5 heteroatoms. The Morgan fingerprint density at radius 3 is 2.55 bits per heavy atom. The maximum absolute atomic E-state index is 9.95. The number of aromatic hydroxyl groups is 1. The SMILES string of the molecule is CC1=C(CO)C(c2ccc(OCCN3CCCCC3)cc2)Oc2cc(O)ccc21. The molecule has 1 atom stereocenters.